The van der Waals surface area contributed by atoms with Crippen molar-refractivity contribution in [3.8, 4) is 5.75 Å². The Morgan fingerprint density at radius 1 is 1.44 bits per heavy atom. The molecular formula is C12H18FNO2. The van der Waals surface area contributed by atoms with Crippen molar-refractivity contribution in [1.82, 2.24) is 5.32 Å². The van der Waals surface area contributed by atoms with Crippen LogP contribution in [-0.4, -0.2) is 27.4 Å². The molecule has 0 bridgehead atoms. The summed E-state index contributed by atoms with van der Waals surface area (Å²) >= 11 is 0. The molecule has 0 amide bonds. The van der Waals surface area contributed by atoms with Gasteiger partial charge in [0.05, 0.1) is 19.8 Å². The third-order valence-corrected chi connectivity index (χ3v) is 2.41. The number of rotatable bonds is 6. The lowest BCUT2D eigenvalue weighted by atomic mass is 10.1. The summed E-state index contributed by atoms with van der Waals surface area (Å²) in [6.45, 7) is 3.16. The highest BCUT2D eigenvalue weighted by Crippen LogP contribution is 2.22. The first-order valence-electron chi connectivity index (χ1n) is 5.31. The van der Waals surface area contributed by atoms with Crippen LogP contribution >= 0.6 is 0 Å². The van der Waals surface area contributed by atoms with Gasteiger partial charge in [0, 0.05) is 6.61 Å². The third kappa shape index (κ3) is 3.18. The number of nitrogens with one attached hydrogen (secondary N) is 1. The average molecular weight is 227 g/mol. The number of halogens is 1. The molecule has 0 fully saturated rings. The fourth-order valence-corrected chi connectivity index (χ4v) is 1.48. The van der Waals surface area contributed by atoms with Crippen LogP contribution in [0.15, 0.2) is 18.2 Å². The van der Waals surface area contributed by atoms with Crippen molar-refractivity contribution in [3.05, 3.63) is 29.6 Å². The SMILES string of the molecule is CCOCC(NC)c1ccc(F)c(OC)c1. The molecule has 0 aromatic heterocycles. The monoisotopic (exact) mass is 227 g/mol. The molecule has 0 spiro atoms. The first kappa shape index (κ1) is 12.9. The van der Waals surface area contributed by atoms with E-state index in [9.17, 15) is 4.39 Å². The highest BCUT2D eigenvalue weighted by atomic mass is 19.1. The lowest BCUT2D eigenvalue weighted by molar-refractivity contribution is 0.125. The van der Waals surface area contributed by atoms with Gasteiger partial charge in [0.1, 0.15) is 0 Å². The molecule has 0 aliphatic heterocycles. The molecule has 1 unspecified atom stereocenters. The van der Waals surface area contributed by atoms with E-state index in [2.05, 4.69) is 5.32 Å². The van der Waals surface area contributed by atoms with E-state index in [1.807, 2.05) is 14.0 Å². The van der Waals surface area contributed by atoms with Crippen molar-refractivity contribution in [2.75, 3.05) is 27.4 Å². The number of hydrogen-bond donors (Lipinski definition) is 1. The lowest BCUT2D eigenvalue weighted by Crippen LogP contribution is -2.21. The molecule has 1 rings (SSSR count). The van der Waals surface area contributed by atoms with Crippen molar-refractivity contribution in [2.45, 2.75) is 13.0 Å². The molecular weight excluding hydrogens is 209 g/mol. The topological polar surface area (TPSA) is 30.5 Å². The summed E-state index contributed by atoms with van der Waals surface area (Å²) in [5.74, 6) is -0.0910. The molecule has 0 saturated heterocycles. The van der Waals surface area contributed by atoms with Gasteiger partial charge in [-0.25, -0.2) is 4.39 Å². The van der Waals surface area contributed by atoms with E-state index < -0.39 is 0 Å². The van der Waals surface area contributed by atoms with Crippen molar-refractivity contribution in [2.24, 2.45) is 0 Å². The third-order valence-electron chi connectivity index (χ3n) is 2.41. The number of ether oxygens (including phenoxy) is 2. The zero-order valence-corrected chi connectivity index (χ0v) is 9.92. The first-order chi connectivity index (χ1) is 7.72. The average Bonchev–Trinajstić information content (AvgIpc) is 2.32. The molecule has 1 N–H and O–H groups in total. The maximum absolute atomic E-state index is 13.2. The van der Waals surface area contributed by atoms with E-state index in [4.69, 9.17) is 9.47 Å². The van der Waals surface area contributed by atoms with Gasteiger partial charge in [-0.15, -0.1) is 0 Å². The van der Waals surface area contributed by atoms with Crippen LogP contribution in [0.2, 0.25) is 0 Å². The lowest BCUT2D eigenvalue weighted by Gasteiger charge is -2.17. The maximum atomic E-state index is 13.2. The minimum absolute atomic E-state index is 0.0504. The molecule has 3 nitrogen and oxygen atoms in total. The standard InChI is InChI=1S/C12H18FNO2/c1-4-16-8-11(14-2)9-5-6-10(13)12(7-9)15-3/h5-7,11,14H,4,8H2,1-3H3. The van der Waals surface area contributed by atoms with E-state index in [0.717, 1.165) is 5.56 Å². The van der Waals surface area contributed by atoms with Crippen molar-refractivity contribution in [3.63, 3.8) is 0 Å². The quantitative estimate of drug-likeness (QED) is 0.807. The van der Waals surface area contributed by atoms with Crippen LogP contribution in [0.4, 0.5) is 4.39 Å². The van der Waals surface area contributed by atoms with Gasteiger partial charge < -0.3 is 14.8 Å². The van der Waals surface area contributed by atoms with E-state index in [-0.39, 0.29) is 17.6 Å². The van der Waals surface area contributed by atoms with E-state index >= 15 is 0 Å². The second-order valence-corrected chi connectivity index (χ2v) is 3.39. The predicted molar refractivity (Wildman–Crippen MR) is 61.2 cm³/mol. The van der Waals surface area contributed by atoms with Gasteiger partial charge in [0.25, 0.3) is 0 Å². The summed E-state index contributed by atoms with van der Waals surface area (Å²) in [5.41, 5.74) is 0.953. The molecule has 0 radical (unpaired) electrons. The van der Waals surface area contributed by atoms with Crippen LogP contribution in [0.25, 0.3) is 0 Å². The molecule has 1 aromatic rings. The fourth-order valence-electron chi connectivity index (χ4n) is 1.48. The summed E-state index contributed by atoms with van der Waals surface area (Å²) < 4.78 is 23.5. The molecule has 0 aliphatic rings. The Labute approximate surface area is 95.6 Å². The summed E-state index contributed by atoms with van der Waals surface area (Å²) in [6, 6.07) is 4.88. The van der Waals surface area contributed by atoms with Gasteiger partial charge >= 0.3 is 0 Å². The first-order valence-corrected chi connectivity index (χ1v) is 5.31. The Bertz CT molecular complexity index is 331. The molecule has 0 saturated carbocycles. The number of benzene rings is 1. The Kier molecular flexibility index (Phi) is 5.22. The Morgan fingerprint density at radius 3 is 2.75 bits per heavy atom. The van der Waals surface area contributed by atoms with Crippen LogP contribution in [0.1, 0.15) is 18.5 Å². The van der Waals surface area contributed by atoms with Crippen LogP contribution in [-0.2, 0) is 4.74 Å². The van der Waals surface area contributed by atoms with Crippen molar-refractivity contribution < 1.29 is 13.9 Å². The number of hydrogen-bond acceptors (Lipinski definition) is 3. The summed E-state index contributed by atoms with van der Waals surface area (Å²) in [6.07, 6.45) is 0. The summed E-state index contributed by atoms with van der Waals surface area (Å²) in [5, 5.41) is 3.12. The summed E-state index contributed by atoms with van der Waals surface area (Å²) in [7, 11) is 3.30. The smallest absolute Gasteiger partial charge is 0.165 e. The highest BCUT2D eigenvalue weighted by molar-refractivity contribution is 5.32. The second kappa shape index (κ2) is 6.45. The highest BCUT2D eigenvalue weighted by Gasteiger charge is 2.12. The fraction of sp³-hybridized carbons (Fsp3) is 0.500. The van der Waals surface area contributed by atoms with Gasteiger partial charge in [-0.05, 0) is 31.7 Å². The molecule has 90 valence electrons. The molecule has 0 heterocycles. The van der Waals surface area contributed by atoms with Gasteiger partial charge in [-0.2, -0.15) is 0 Å². The van der Waals surface area contributed by atoms with E-state index in [1.54, 1.807) is 12.1 Å². The van der Waals surface area contributed by atoms with Crippen LogP contribution in [0.3, 0.4) is 0 Å². The molecule has 1 atom stereocenters. The number of likely N-dealkylation sites (N-methyl/N-ethyl adjacent to an activating group) is 1. The van der Waals surface area contributed by atoms with Crippen LogP contribution < -0.4 is 10.1 Å². The largest absolute Gasteiger partial charge is 0.494 e. The van der Waals surface area contributed by atoms with Gasteiger partial charge in [-0.3, -0.25) is 0 Å². The Hall–Kier alpha value is -1.13. The van der Waals surface area contributed by atoms with Crippen LogP contribution in [0, 0.1) is 5.82 Å². The molecule has 4 heteroatoms. The van der Waals surface area contributed by atoms with E-state index in [1.165, 1.54) is 13.2 Å². The Morgan fingerprint density at radius 2 is 2.19 bits per heavy atom. The maximum Gasteiger partial charge on any atom is 0.165 e. The zero-order valence-electron chi connectivity index (χ0n) is 9.92. The van der Waals surface area contributed by atoms with E-state index in [0.29, 0.717) is 13.2 Å². The van der Waals surface area contributed by atoms with Crippen molar-refractivity contribution >= 4 is 0 Å². The van der Waals surface area contributed by atoms with Gasteiger partial charge in [0.15, 0.2) is 11.6 Å². The van der Waals surface area contributed by atoms with Crippen molar-refractivity contribution in [1.29, 1.82) is 0 Å². The minimum Gasteiger partial charge on any atom is -0.494 e. The van der Waals surface area contributed by atoms with Gasteiger partial charge in [0.2, 0.25) is 0 Å². The molecule has 16 heavy (non-hydrogen) atoms. The predicted octanol–water partition coefficient (Wildman–Crippen LogP) is 2.13. The molecule has 1 aromatic carbocycles. The minimum atomic E-state index is -0.350. The normalized spacial score (nSPS) is 12.5. The van der Waals surface area contributed by atoms with Gasteiger partial charge in [-0.1, -0.05) is 6.07 Å². The number of methoxy groups -OCH3 is 1. The second-order valence-electron chi connectivity index (χ2n) is 3.39. The summed E-state index contributed by atoms with van der Waals surface area (Å²) in [4.78, 5) is 0. The molecule has 0 aliphatic carbocycles. The van der Waals surface area contributed by atoms with Crippen LogP contribution in [0.5, 0.6) is 5.75 Å². The Balaban J connectivity index is 2.83. The zero-order chi connectivity index (χ0) is 12.0.